The molecule has 0 saturated carbocycles. The number of aryl methyl sites for hydroxylation is 2. The fourth-order valence-corrected chi connectivity index (χ4v) is 3.43. The molecular weight excluding hydrogens is 340 g/mol. The zero-order chi connectivity index (χ0) is 19.3. The summed E-state index contributed by atoms with van der Waals surface area (Å²) in [7, 11) is 3.17. The van der Waals surface area contributed by atoms with E-state index in [1.807, 2.05) is 60.0 Å². The predicted molar refractivity (Wildman–Crippen MR) is 108 cm³/mol. The average molecular weight is 360 g/mol. The van der Waals surface area contributed by atoms with E-state index >= 15 is 0 Å². The lowest BCUT2D eigenvalue weighted by atomic mass is 10.1. The molecule has 0 aliphatic heterocycles. The Morgan fingerprint density at radius 3 is 2.22 bits per heavy atom. The molecule has 6 nitrogen and oxygen atoms in total. The van der Waals surface area contributed by atoms with E-state index in [0.29, 0.717) is 16.6 Å². The molecule has 0 aliphatic rings. The number of nitrogens with zero attached hydrogens (tertiary/aromatic N) is 3. The van der Waals surface area contributed by atoms with Gasteiger partial charge in [-0.05, 0) is 24.6 Å². The summed E-state index contributed by atoms with van der Waals surface area (Å²) in [4.78, 5) is 25.4. The number of hydrogen-bond donors (Lipinski definition) is 1. The van der Waals surface area contributed by atoms with Crippen LogP contribution in [0.1, 0.15) is 5.56 Å². The fraction of sp³-hybridized carbons (Fsp3) is 0.143. The van der Waals surface area contributed by atoms with Crippen molar-refractivity contribution in [2.75, 3.05) is 5.73 Å². The Bertz CT molecular complexity index is 1290. The van der Waals surface area contributed by atoms with E-state index in [-0.39, 0.29) is 11.2 Å². The standard InChI is InChI=1S/C21H20N4O2/c1-13-8-10-14(11-9-13)19-18-17(23(2)21(27)24(3)20(18)26)12-25(19)16-7-5-4-6-15(16)22/h4-12H,22H2,1-3H3. The highest BCUT2D eigenvalue weighted by atomic mass is 16.2. The molecule has 2 aromatic carbocycles. The lowest BCUT2D eigenvalue weighted by Crippen LogP contribution is -2.36. The van der Waals surface area contributed by atoms with Crippen LogP contribution in [0.15, 0.2) is 64.3 Å². The molecule has 4 aromatic rings. The Morgan fingerprint density at radius 2 is 1.56 bits per heavy atom. The largest absolute Gasteiger partial charge is 0.397 e. The van der Waals surface area contributed by atoms with Crippen molar-refractivity contribution in [1.82, 2.24) is 13.7 Å². The zero-order valence-corrected chi connectivity index (χ0v) is 15.4. The molecule has 2 heterocycles. The summed E-state index contributed by atoms with van der Waals surface area (Å²) in [6.07, 6.45) is 1.80. The van der Waals surface area contributed by atoms with E-state index in [0.717, 1.165) is 27.1 Å². The Balaban J connectivity index is 2.23. The third-order valence-corrected chi connectivity index (χ3v) is 4.96. The maximum Gasteiger partial charge on any atom is 0.330 e. The third-order valence-electron chi connectivity index (χ3n) is 4.96. The highest BCUT2D eigenvalue weighted by molar-refractivity contribution is 5.95. The van der Waals surface area contributed by atoms with Gasteiger partial charge in [0.25, 0.3) is 5.56 Å². The maximum atomic E-state index is 13.0. The van der Waals surface area contributed by atoms with Gasteiger partial charge in [0.05, 0.1) is 28.0 Å². The lowest BCUT2D eigenvalue weighted by Gasteiger charge is -2.12. The molecule has 4 rings (SSSR count). The molecule has 6 heteroatoms. The highest BCUT2D eigenvalue weighted by Gasteiger charge is 2.20. The summed E-state index contributed by atoms with van der Waals surface area (Å²) in [6, 6.07) is 15.4. The number of rotatable bonds is 2. The van der Waals surface area contributed by atoms with Crippen molar-refractivity contribution < 1.29 is 0 Å². The number of nitrogens with two attached hydrogens (primary N) is 1. The van der Waals surface area contributed by atoms with E-state index < -0.39 is 0 Å². The molecule has 0 radical (unpaired) electrons. The Kier molecular flexibility index (Phi) is 3.77. The van der Waals surface area contributed by atoms with Crippen molar-refractivity contribution in [2.24, 2.45) is 14.1 Å². The highest BCUT2D eigenvalue weighted by Crippen LogP contribution is 2.32. The predicted octanol–water partition coefficient (Wildman–Crippen LogP) is 2.59. The van der Waals surface area contributed by atoms with Crippen LogP contribution in [-0.2, 0) is 14.1 Å². The van der Waals surface area contributed by atoms with Gasteiger partial charge in [0.1, 0.15) is 0 Å². The second-order valence-corrected chi connectivity index (χ2v) is 6.74. The van der Waals surface area contributed by atoms with Crippen LogP contribution in [0, 0.1) is 6.92 Å². The molecule has 2 N–H and O–H groups in total. The first-order valence-electron chi connectivity index (χ1n) is 8.63. The number of fused-ring (bicyclic) bond motifs is 1. The van der Waals surface area contributed by atoms with Gasteiger partial charge in [-0.1, -0.05) is 42.0 Å². The molecule has 0 amide bonds. The Hall–Kier alpha value is -3.54. The van der Waals surface area contributed by atoms with Gasteiger partial charge in [0.15, 0.2) is 0 Å². The van der Waals surface area contributed by atoms with Gasteiger partial charge < -0.3 is 10.3 Å². The summed E-state index contributed by atoms with van der Waals surface area (Å²) in [5, 5.41) is 0.492. The first-order chi connectivity index (χ1) is 12.9. The van der Waals surface area contributed by atoms with E-state index in [1.54, 1.807) is 13.2 Å². The van der Waals surface area contributed by atoms with Crippen molar-refractivity contribution >= 4 is 16.6 Å². The molecule has 136 valence electrons. The van der Waals surface area contributed by atoms with Crippen LogP contribution in [0.5, 0.6) is 0 Å². The number of nitrogen functional groups attached to an aromatic ring is 1. The Morgan fingerprint density at radius 1 is 0.889 bits per heavy atom. The van der Waals surface area contributed by atoms with Crippen LogP contribution in [-0.4, -0.2) is 13.7 Å². The van der Waals surface area contributed by atoms with Crippen molar-refractivity contribution in [3.8, 4) is 16.9 Å². The molecule has 0 saturated heterocycles. The van der Waals surface area contributed by atoms with E-state index in [2.05, 4.69) is 0 Å². The van der Waals surface area contributed by atoms with Crippen molar-refractivity contribution in [1.29, 1.82) is 0 Å². The normalized spacial score (nSPS) is 11.2. The van der Waals surface area contributed by atoms with Crippen LogP contribution in [0.25, 0.3) is 27.8 Å². The van der Waals surface area contributed by atoms with Gasteiger partial charge in [-0.2, -0.15) is 0 Å². The third kappa shape index (κ3) is 2.49. The van der Waals surface area contributed by atoms with Gasteiger partial charge in [-0.3, -0.25) is 13.9 Å². The first kappa shape index (κ1) is 16.9. The second-order valence-electron chi connectivity index (χ2n) is 6.74. The van der Waals surface area contributed by atoms with Crippen molar-refractivity contribution in [3.05, 3.63) is 81.1 Å². The first-order valence-corrected chi connectivity index (χ1v) is 8.63. The van der Waals surface area contributed by atoms with Crippen LogP contribution >= 0.6 is 0 Å². The molecule has 0 aliphatic carbocycles. The van der Waals surface area contributed by atoms with Gasteiger partial charge in [0, 0.05) is 20.3 Å². The Labute approximate surface area is 155 Å². The average Bonchev–Trinajstić information content (AvgIpc) is 3.06. The van der Waals surface area contributed by atoms with E-state index in [4.69, 9.17) is 5.73 Å². The van der Waals surface area contributed by atoms with Crippen LogP contribution < -0.4 is 17.0 Å². The topological polar surface area (TPSA) is 75.0 Å². The number of para-hydroxylation sites is 2. The summed E-state index contributed by atoms with van der Waals surface area (Å²) in [6.45, 7) is 2.01. The van der Waals surface area contributed by atoms with Gasteiger partial charge in [0.2, 0.25) is 0 Å². The van der Waals surface area contributed by atoms with Crippen LogP contribution in [0.3, 0.4) is 0 Å². The number of aromatic nitrogens is 3. The molecule has 2 aromatic heterocycles. The molecular formula is C21H20N4O2. The van der Waals surface area contributed by atoms with Crippen LogP contribution in [0.2, 0.25) is 0 Å². The van der Waals surface area contributed by atoms with Gasteiger partial charge >= 0.3 is 5.69 Å². The summed E-state index contributed by atoms with van der Waals surface area (Å²) >= 11 is 0. The minimum atomic E-state index is -0.360. The SMILES string of the molecule is Cc1ccc(-c2c3c(=O)n(C)c(=O)n(C)c3cn2-c2ccccc2N)cc1. The quantitative estimate of drug-likeness (QED) is 0.558. The molecule has 27 heavy (non-hydrogen) atoms. The molecule has 0 unspecified atom stereocenters. The lowest BCUT2D eigenvalue weighted by molar-refractivity contribution is 0.714. The summed E-state index contributed by atoms with van der Waals surface area (Å²) in [5.74, 6) is 0. The maximum absolute atomic E-state index is 13.0. The number of benzene rings is 2. The zero-order valence-electron chi connectivity index (χ0n) is 15.4. The minimum absolute atomic E-state index is 0.322. The van der Waals surface area contributed by atoms with Gasteiger partial charge in [-0.15, -0.1) is 0 Å². The number of hydrogen-bond acceptors (Lipinski definition) is 3. The monoisotopic (exact) mass is 360 g/mol. The summed E-state index contributed by atoms with van der Waals surface area (Å²) < 4.78 is 4.52. The molecule has 0 bridgehead atoms. The number of anilines is 1. The molecule has 0 atom stereocenters. The fourth-order valence-electron chi connectivity index (χ4n) is 3.43. The summed E-state index contributed by atoms with van der Waals surface area (Å²) in [5.41, 5.74) is 10.2. The van der Waals surface area contributed by atoms with Crippen molar-refractivity contribution in [3.63, 3.8) is 0 Å². The smallest absolute Gasteiger partial charge is 0.330 e. The van der Waals surface area contributed by atoms with Crippen molar-refractivity contribution in [2.45, 2.75) is 6.92 Å². The molecule has 0 fully saturated rings. The molecule has 0 spiro atoms. The minimum Gasteiger partial charge on any atom is -0.397 e. The van der Waals surface area contributed by atoms with E-state index in [9.17, 15) is 9.59 Å². The van der Waals surface area contributed by atoms with Crippen LogP contribution in [0.4, 0.5) is 5.69 Å². The van der Waals surface area contributed by atoms with Gasteiger partial charge in [-0.25, -0.2) is 4.79 Å². The second kappa shape index (κ2) is 6.02. The van der Waals surface area contributed by atoms with E-state index in [1.165, 1.54) is 11.6 Å².